The second-order valence-corrected chi connectivity index (χ2v) is 5.62. The Bertz CT molecular complexity index is 637. The van der Waals surface area contributed by atoms with Gasteiger partial charge in [0.15, 0.2) is 0 Å². The summed E-state index contributed by atoms with van der Waals surface area (Å²) in [5.74, 6) is 2.49. The zero-order valence-electron chi connectivity index (χ0n) is 14.1. The van der Waals surface area contributed by atoms with Gasteiger partial charge in [0, 0.05) is 12.6 Å². The van der Waals surface area contributed by atoms with Crippen LogP contribution in [-0.4, -0.2) is 31.1 Å². The topological polar surface area (TPSA) is 54.7 Å². The van der Waals surface area contributed by atoms with E-state index >= 15 is 0 Å². The second-order valence-electron chi connectivity index (χ2n) is 5.62. The fourth-order valence-electron chi connectivity index (χ4n) is 2.37. The van der Waals surface area contributed by atoms with E-state index in [0.717, 1.165) is 22.8 Å². The van der Waals surface area contributed by atoms with Crippen LogP contribution in [0.5, 0.6) is 5.75 Å². The number of amides is 2. The summed E-state index contributed by atoms with van der Waals surface area (Å²) in [6, 6.07) is 11.3. The molecule has 1 N–H and O–H groups in total. The zero-order valence-corrected chi connectivity index (χ0v) is 14.1. The number of nitrogens with one attached hydrogen (secondary N) is 1. The van der Waals surface area contributed by atoms with Crippen LogP contribution in [0.3, 0.4) is 0 Å². The SMILES string of the molecule is Cc1cc(C(C)NC(=O)N(C)CCOc2ccccc2)c(C)o1. The van der Waals surface area contributed by atoms with Gasteiger partial charge < -0.3 is 19.4 Å². The van der Waals surface area contributed by atoms with Crippen LogP contribution in [0.1, 0.15) is 30.0 Å². The third-order valence-electron chi connectivity index (χ3n) is 3.67. The van der Waals surface area contributed by atoms with E-state index in [-0.39, 0.29) is 12.1 Å². The van der Waals surface area contributed by atoms with Gasteiger partial charge in [-0.2, -0.15) is 0 Å². The molecule has 124 valence electrons. The molecule has 0 radical (unpaired) electrons. The predicted molar refractivity (Wildman–Crippen MR) is 89.7 cm³/mol. The van der Waals surface area contributed by atoms with E-state index in [2.05, 4.69) is 5.32 Å². The van der Waals surface area contributed by atoms with E-state index in [1.807, 2.05) is 57.2 Å². The van der Waals surface area contributed by atoms with Gasteiger partial charge in [0.2, 0.25) is 0 Å². The van der Waals surface area contributed by atoms with Crippen LogP contribution in [-0.2, 0) is 0 Å². The maximum absolute atomic E-state index is 12.2. The Hall–Kier alpha value is -2.43. The normalized spacial score (nSPS) is 11.8. The monoisotopic (exact) mass is 316 g/mol. The number of para-hydroxylation sites is 1. The quantitative estimate of drug-likeness (QED) is 0.884. The van der Waals surface area contributed by atoms with E-state index in [4.69, 9.17) is 9.15 Å². The molecular formula is C18H24N2O3. The Morgan fingerprint density at radius 3 is 2.61 bits per heavy atom. The van der Waals surface area contributed by atoms with E-state index in [0.29, 0.717) is 13.2 Å². The molecule has 23 heavy (non-hydrogen) atoms. The summed E-state index contributed by atoms with van der Waals surface area (Å²) in [4.78, 5) is 13.8. The molecule has 2 amide bonds. The smallest absolute Gasteiger partial charge is 0.317 e. The van der Waals surface area contributed by atoms with Crippen molar-refractivity contribution in [2.75, 3.05) is 20.2 Å². The Balaban J connectivity index is 1.79. The average molecular weight is 316 g/mol. The highest BCUT2D eigenvalue weighted by Crippen LogP contribution is 2.21. The molecule has 0 aliphatic carbocycles. The lowest BCUT2D eigenvalue weighted by molar-refractivity contribution is 0.192. The van der Waals surface area contributed by atoms with Crippen molar-refractivity contribution in [3.8, 4) is 5.75 Å². The van der Waals surface area contributed by atoms with Crippen LogP contribution in [0, 0.1) is 13.8 Å². The Morgan fingerprint density at radius 1 is 1.30 bits per heavy atom. The van der Waals surface area contributed by atoms with Crippen LogP contribution in [0.4, 0.5) is 4.79 Å². The first-order valence-corrected chi connectivity index (χ1v) is 7.73. The number of urea groups is 1. The van der Waals surface area contributed by atoms with Crippen molar-refractivity contribution in [1.29, 1.82) is 0 Å². The second kappa shape index (κ2) is 7.72. The third kappa shape index (κ3) is 4.77. The van der Waals surface area contributed by atoms with Gasteiger partial charge in [-0.05, 0) is 39.0 Å². The van der Waals surface area contributed by atoms with Gasteiger partial charge in [-0.25, -0.2) is 4.79 Å². The number of nitrogens with zero attached hydrogens (tertiary/aromatic N) is 1. The summed E-state index contributed by atoms with van der Waals surface area (Å²) in [5, 5.41) is 2.97. The standard InChI is InChI=1S/C18H24N2O3/c1-13-12-17(15(3)23-13)14(2)19-18(21)20(4)10-11-22-16-8-6-5-7-9-16/h5-9,12,14H,10-11H2,1-4H3,(H,19,21). The van der Waals surface area contributed by atoms with Crippen LogP contribution in [0.2, 0.25) is 0 Å². The largest absolute Gasteiger partial charge is 0.492 e. The number of hydrogen-bond acceptors (Lipinski definition) is 3. The van der Waals surface area contributed by atoms with Gasteiger partial charge in [-0.1, -0.05) is 18.2 Å². The lowest BCUT2D eigenvalue weighted by Crippen LogP contribution is -2.40. The van der Waals surface area contributed by atoms with Gasteiger partial charge in [-0.3, -0.25) is 0 Å². The molecule has 1 aromatic carbocycles. The number of benzene rings is 1. The number of rotatable bonds is 6. The fourth-order valence-corrected chi connectivity index (χ4v) is 2.37. The highest BCUT2D eigenvalue weighted by molar-refractivity contribution is 5.74. The summed E-state index contributed by atoms with van der Waals surface area (Å²) in [6.07, 6.45) is 0. The molecular weight excluding hydrogens is 292 g/mol. The van der Waals surface area contributed by atoms with Crippen molar-refractivity contribution in [3.05, 3.63) is 53.5 Å². The zero-order chi connectivity index (χ0) is 16.8. The number of likely N-dealkylation sites (N-methyl/N-ethyl adjacent to an activating group) is 1. The van der Waals surface area contributed by atoms with Crippen LogP contribution >= 0.6 is 0 Å². The molecule has 0 aliphatic rings. The summed E-state index contributed by atoms with van der Waals surface area (Å²) in [7, 11) is 1.75. The first kappa shape index (κ1) is 16.9. The van der Waals surface area contributed by atoms with Gasteiger partial charge >= 0.3 is 6.03 Å². The molecule has 1 heterocycles. The van der Waals surface area contributed by atoms with Crippen molar-refractivity contribution in [3.63, 3.8) is 0 Å². The third-order valence-corrected chi connectivity index (χ3v) is 3.67. The molecule has 2 aromatic rings. The van der Waals surface area contributed by atoms with Gasteiger partial charge in [-0.15, -0.1) is 0 Å². The maximum atomic E-state index is 12.2. The molecule has 0 saturated heterocycles. The molecule has 0 aliphatic heterocycles. The molecule has 1 aromatic heterocycles. The van der Waals surface area contributed by atoms with E-state index in [9.17, 15) is 4.79 Å². The van der Waals surface area contributed by atoms with Gasteiger partial charge in [0.1, 0.15) is 23.9 Å². The van der Waals surface area contributed by atoms with E-state index in [1.165, 1.54) is 0 Å². The predicted octanol–water partition coefficient (Wildman–Crippen LogP) is 3.68. The number of carbonyl (C=O) groups is 1. The van der Waals surface area contributed by atoms with Crippen LogP contribution in [0.15, 0.2) is 40.8 Å². The molecule has 5 heteroatoms. The number of furan rings is 1. The molecule has 1 atom stereocenters. The molecule has 5 nitrogen and oxygen atoms in total. The van der Waals surface area contributed by atoms with Gasteiger partial charge in [0.25, 0.3) is 0 Å². The summed E-state index contributed by atoms with van der Waals surface area (Å²) in [5.41, 5.74) is 1.00. The minimum Gasteiger partial charge on any atom is -0.492 e. The number of carbonyl (C=O) groups excluding carboxylic acids is 1. The molecule has 2 rings (SSSR count). The highest BCUT2D eigenvalue weighted by Gasteiger charge is 2.17. The first-order valence-electron chi connectivity index (χ1n) is 7.73. The average Bonchev–Trinajstić information content (AvgIpc) is 2.87. The van der Waals surface area contributed by atoms with Gasteiger partial charge in [0.05, 0.1) is 12.6 Å². The Kier molecular flexibility index (Phi) is 5.68. The van der Waals surface area contributed by atoms with Crippen molar-refractivity contribution >= 4 is 6.03 Å². The van der Waals surface area contributed by atoms with Crippen molar-refractivity contribution in [2.45, 2.75) is 26.8 Å². The summed E-state index contributed by atoms with van der Waals surface area (Å²) in [6.45, 7) is 6.72. The highest BCUT2D eigenvalue weighted by atomic mass is 16.5. The number of hydrogen-bond donors (Lipinski definition) is 1. The molecule has 0 fully saturated rings. The fraction of sp³-hybridized carbons (Fsp3) is 0.389. The summed E-state index contributed by atoms with van der Waals surface area (Å²) < 4.78 is 11.1. The minimum absolute atomic E-state index is 0.0996. The molecule has 0 bridgehead atoms. The van der Waals surface area contributed by atoms with Crippen molar-refractivity contribution in [1.82, 2.24) is 10.2 Å². The maximum Gasteiger partial charge on any atom is 0.317 e. The molecule has 0 saturated carbocycles. The Morgan fingerprint density at radius 2 is 2.00 bits per heavy atom. The molecule has 1 unspecified atom stereocenters. The van der Waals surface area contributed by atoms with E-state index in [1.54, 1.807) is 11.9 Å². The summed E-state index contributed by atoms with van der Waals surface area (Å²) >= 11 is 0. The van der Waals surface area contributed by atoms with Crippen molar-refractivity contribution in [2.24, 2.45) is 0 Å². The number of ether oxygens (including phenoxy) is 1. The van der Waals surface area contributed by atoms with Crippen LogP contribution in [0.25, 0.3) is 0 Å². The first-order chi connectivity index (χ1) is 11.0. The lowest BCUT2D eigenvalue weighted by atomic mass is 10.1. The molecule has 0 spiro atoms. The van der Waals surface area contributed by atoms with Crippen LogP contribution < -0.4 is 10.1 Å². The minimum atomic E-state index is -0.132. The number of aryl methyl sites for hydroxylation is 2. The van der Waals surface area contributed by atoms with E-state index < -0.39 is 0 Å². The Labute approximate surface area is 137 Å². The van der Waals surface area contributed by atoms with Crippen molar-refractivity contribution < 1.29 is 13.9 Å². The lowest BCUT2D eigenvalue weighted by Gasteiger charge is -2.21.